The van der Waals surface area contributed by atoms with E-state index in [0.717, 1.165) is 64.3 Å². The molecule has 0 amide bonds. The molecule has 5 aromatic carbocycles. The maximum Gasteiger partial charge on any atom is 0.338 e. The van der Waals surface area contributed by atoms with E-state index in [-0.39, 0.29) is 5.97 Å². The lowest BCUT2D eigenvalue weighted by Crippen LogP contribution is -2.21. The quantitative estimate of drug-likeness (QED) is 0.0881. The van der Waals surface area contributed by atoms with E-state index < -0.39 is 0 Å². The van der Waals surface area contributed by atoms with Crippen LogP contribution in [0.4, 0.5) is 0 Å². The molecule has 0 aromatic heterocycles. The van der Waals surface area contributed by atoms with Crippen LogP contribution in [0.25, 0.3) is 11.6 Å². The molecule has 54 heavy (non-hydrogen) atoms. The highest BCUT2D eigenvalue weighted by Gasteiger charge is 2.25. The van der Waals surface area contributed by atoms with Crippen molar-refractivity contribution in [2.24, 2.45) is 0 Å². The molecule has 0 aliphatic carbocycles. The number of unbranched alkanes of at least 4 members (excludes halogenated alkanes) is 2. The van der Waals surface area contributed by atoms with Gasteiger partial charge in [-0.3, -0.25) is 0 Å². The first-order valence-corrected chi connectivity index (χ1v) is 20.2. The number of carbonyl (C=O) groups excluding carboxylic acids is 1. The lowest BCUT2D eigenvalue weighted by molar-refractivity contribution is 0.0497. The van der Waals surface area contributed by atoms with Crippen LogP contribution in [-0.4, -0.2) is 12.6 Å². The third-order valence-corrected chi connectivity index (χ3v) is 10.8. The Bertz CT molecular complexity index is 2200. The number of rotatable bonds is 13. The third kappa shape index (κ3) is 8.26. The molecule has 0 fully saturated rings. The minimum Gasteiger partial charge on any atom is -0.462 e. The van der Waals surface area contributed by atoms with E-state index in [1.54, 1.807) is 0 Å². The van der Waals surface area contributed by atoms with E-state index >= 15 is 0 Å². The standard InChI is InChI=1S/C51H58O3/c1-10-11-14-27-53-51(52)43-18-13-12-17-42(43)50-44-25-23-36(28-46-38(32(2)3)19-15-20-39(46)33(4)5)30-48(44)54-49-31-37(24-26-45(49)50)29-47-40(34(6)7)21-16-22-41(47)35(8)9/h12-13,15-26,28,30-35H,10-11,14,27,29H2,1-9H3/b36-28+. The van der Waals surface area contributed by atoms with E-state index in [1.165, 1.54) is 38.9 Å². The van der Waals surface area contributed by atoms with Crippen molar-refractivity contribution in [2.45, 2.75) is 112 Å². The summed E-state index contributed by atoms with van der Waals surface area (Å²) in [7, 11) is 0. The SMILES string of the molecule is CCCCCOC(=O)c1ccccc1C1=c2cc/c(=C\c3c(C(C)C)cccc3C(C)C)cc2Oc2cc(Cc3c(C(C)C)cccc3C(C)C)ccc21. The van der Waals surface area contributed by atoms with Crippen molar-refractivity contribution in [3.8, 4) is 11.5 Å². The van der Waals surface area contributed by atoms with Crippen molar-refractivity contribution < 1.29 is 14.3 Å². The van der Waals surface area contributed by atoms with Gasteiger partial charge in [-0.05, 0) is 117 Å². The summed E-state index contributed by atoms with van der Waals surface area (Å²) in [6.07, 6.45) is 6.10. The Labute approximate surface area is 323 Å². The Morgan fingerprint density at radius 3 is 1.91 bits per heavy atom. The number of esters is 1. The number of hydrogen-bond acceptors (Lipinski definition) is 3. The van der Waals surface area contributed by atoms with Crippen LogP contribution in [0.3, 0.4) is 0 Å². The van der Waals surface area contributed by atoms with Gasteiger partial charge in [0.25, 0.3) is 0 Å². The number of hydrogen-bond donors (Lipinski definition) is 0. The summed E-state index contributed by atoms with van der Waals surface area (Å²) >= 11 is 0. The molecule has 0 saturated carbocycles. The molecule has 5 aromatic rings. The van der Waals surface area contributed by atoms with Crippen LogP contribution in [0.2, 0.25) is 0 Å². The van der Waals surface area contributed by atoms with Gasteiger partial charge in [0.15, 0.2) is 0 Å². The molecule has 0 radical (unpaired) electrons. The van der Waals surface area contributed by atoms with Gasteiger partial charge in [-0.15, -0.1) is 0 Å². The Hall–Kier alpha value is -4.89. The van der Waals surface area contributed by atoms with E-state index in [2.05, 4.69) is 141 Å². The van der Waals surface area contributed by atoms with Crippen LogP contribution < -0.4 is 15.2 Å². The zero-order chi connectivity index (χ0) is 38.5. The van der Waals surface area contributed by atoms with Gasteiger partial charge in [0, 0.05) is 16.4 Å². The molecule has 1 heterocycles. The maximum absolute atomic E-state index is 13.7. The average Bonchev–Trinajstić information content (AvgIpc) is 3.15. The van der Waals surface area contributed by atoms with Gasteiger partial charge < -0.3 is 9.47 Å². The summed E-state index contributed by atoms with van der Waals surface area (Å²) in [5, 5.41) is 2.05. The molecule has 1 aliphatic heterocycles. The summed E-state index contributed by atoms with van der Waals surface area (Å²) in [5.41, 5.74) is 12.8. The van der Waals surface area contributed by atoms with E-state index in [1.807, 2.05) is 24.3 Å². The second-order valence-electron chi connectivity index (χ2n) is 16.2. The monoisotopic (exact) mass is 718 g/mol. The predicted octanol–water partition coefficient (Wildman–Crippen LogP) is 12.3. The second-order valence-corrected chi connectivity index (χ2v) is 16.2. The van der Waals surface area contributed by atoms with Gasteiger partial charge in [-0.1, -0.05) is 148 Å². The van der Waals surface area contributed by atoms with Crippen molar-refractivity contribution in [2.75, 3.05) is 6.61 Å². The van der Waals surface area contributed by atoms with Gasteiger partial charge >= 0.3 is 5.97 Å². The molecule has 6 rings (SSSR count). The van der Waals surface area contributed by atoms with Gasteiger partial charge in [0.2, 0.25) is 0 Å². The molecule has 0 bridgehead atoms. The van der Waals surface area contributed by atoms with Crippen LogP contribution >= 0.6 is 0 Å². The molecule has 0 spiro atoms. The van der Waals surface area contributed by atoms with Crippen molar-refractivity contribution in [1.29, 1.82) is 0 Å². The first kappa shape index (κ1) is 38.8. The Morgan fingerprint density at radius 2 is 1.28 bits per heavy atom. The highest BCUT2D eigenvalue weighted by atomic mass is 16.5. The van der Waals surface area contributed by atoms with Crippen molar-refractivity contribution >= 4 is 17.6 Å². The smallest absolute Gasteiger partial charge is 0.338 e. The zero-order valence-electron chi connectivity index (χ0n) is 33.9. The summed E-state index contributed by atoms with van der Waals surface area (Å²) < 4.78 is 12.8. The van der Waals surface area contributed by atoms with Crippen LogP contribution in [0.5, 0.6) is 11.5 Å². The maximum atomic E-state index is 13.7. The highest BCUT2D eigenvalue weighted by Crippen LogP contribution is 2.39. The lowest BCUT2D eigenvalue weighted by atomic mass is 9.84. The normalized spacial score (nSPS) is 12.8. The zero-order valence-corrected chi connectivity index (χ0v) is 33.9. The third-order valence-electron chi connectivity index (χ3n) is 10.8. The summed E-state index contributed by atoms with van der Waals surface area (Å²) in [5.74, 6) is 2.93. The van der Waals surface area contributed by atoms with E-state index in [0.29, 0.717) is 35.8 Å². The summed E-state index contributed by atoms with van der Waals surface area (Å²) in [6, 6.07) is 34.5. The first-order valence-electron chi connectivity index (χ1n) is 20.2. The lowest BCUT2D eigenvalue weighted by Gasteiger charge is -2.24. The predicted molar refractivity (Wildman–Crippen MR) is 226 cm³/mol. The van der Waals surface area contributed by atoms with Gasteiger partial charge in [-0.25, -0.2) is 4.79 Å². The van der Waals surface area contributed by atoms with Crippen LogP contribution in [0, 0.1) is 0 Å². The fourth-order valence-electron chi connectivity index (χ4n) is 7.97. The van der Waals surface area contributed by atoms with Gasteiger partial charge in [0.1, 0.15) is 11.5 Å². The molecule has 1 aliphatic rings. The minimum atomic E-state index is -0.289. The molecular weight excluding hydrogens is 661 g/mol. The van der Waals surface area contributed by atoms with Gasteiger partial charge in [0.05, 0.1) is 12.2 Å². The Balaban J connectivity index is 1.54. The molecule has 0 N–H and O–H groups in total. The number of carbonyl (C=O) groups is 1. The molecule has 0 saturated heterocycles. The summed E-state index contributed by atoms with van der Waals surface area (Å²) in [4.78, 5) is 13.7. The van der Waals surface area contributed by atoms with Gasteiger partial charge in [-0.2, -0.15) is 0 Å². The van der Waals surface area contributed by atoms with Crippen LogP contribution in [0.1, 0.15) is 166 Å². The first-order chi connectivity index (χ1) is 26.0. The van der Waals surface area contributed by atoms with Crippen LogP contribution in [0.15, 0.2) is 97.1 Å². The van der Waals surface area contributed by atoms with E-state index in [4.69, 9.17) is 9.47 Å². The molecule has 0 unspecified atom stereocenters. The molecular formula is C51H58O3. The number of ether oxygens (including phenoxy) is 2. The van der Waals surface area contributed by atoms with Crippen molar-refractivity contribution in [3.05, 3.63) is 163 Å². The number of fused-ring (bicyclic) bond motifs is 2. The fraction of sp³-hybridized carbons (Fsp3) is 0.353. The summed E-state index contributed by atoms with van der Waals surface area (Å²) in [6.45, 7) is 20.7. The molecule has 3 heteroatoms. The topological polar surface area (TPSA) is 35.5 Å². The molecule has 0 atom stereocenters. The van der Waals surface area contributed by atoms with Crippen molar-refractivity contribution in [1.82, 2.24) is 0 Å². The molecule has 3 nitrogen and oxygen atoms in total. The fourth-order valence-corrected chi connectivity index (χ4v) is 7.97. The second kappa shape index (κ2) is 17.1. The van der Waals surface area contributed by atoms with E-state index in [9.17, 15) is 4.79 Å². The largest absolute Gasteiger partial charge is 0.462 e. The highest BCUT2D eigenvalue weighted by molar-refractivity contribution is 5.99. The minimum absolute atomic E-state index is 0.289. The Morgan fingerprint density at radius 1 is 0.648 bits per heavy atom. The van der Waals surface area contributed by atoms with Crippen LogP contribution in [-0.2, 0) is 11.2 Å². The Kier molecular flexibility index (Phi) is 12.3. The number of benzene rings is 5. The average molecular weight is 719 g/mol. The molecule has 280 valence electrons. The van der Waals surface area contributed by atoms with Crippen molar-refractivity contribution in [3.63, 3.8) is 0 Å².